The Morgan fingerprint density at radius 1 is 1.14 bits per heavy atom. The summed E-state index contributed by atoms with van der Waals surface area (Å²) in [5.41, 5.74) is 10.3. The van der Waals surface area contributed by atoms with Gasteiger partial charge < -0.3 is 19.9 Å². The van der Waals surface area contributed by atoms with E-state index < -0.39 is 6.03 Å². The maximum absolute atomic E-state index is 10.7. The molecule has 0 radical (unpaired) electrons. The Bertz CT molecular complexity index is 856. The standard InChI is InChI=1S/C20H24BrN3O4/c1-4-26-18-11-15(12-23-24-20(22)25)10-17(21)19(18)28-8-7-27-16-6-5-13(2)14(3)9-16/h5-6,9-12H,4,7-8H2,1-3H3,(H3,22,24,25)/b23-12+. The van der Waals surface area contributed by atoms with Crippen LogP contribution in [0.25, 0.3) is 0 Å². The molecule has 0 aliphatic carbocycles. The summed E-state index contributed by atoms with van der Waals surface area (Å²) in [4.78, 5) is 10.7. The van der Waals surface area contributed by atoms with Crippen LogP contribution < -0.4 is 25.4 Å². The van der Waals surface area contributed by atoms with Gasteiger partial charge in [0.25, 0.3) is 0 Å². The number of hydrogen-bond acceptors (Lipinski definition) is 5. The monoisotopic (exact) mass is 449 g/mol. The first-order chi connectivity index (χ1) is 13.4. The van der Waals surface area contributed by atoms with Gasteiger partial charge in [0.2, 0.25) is 0 Å². The number of urea groups is 1. The Morgan fingerprint density at radius 2 is 1.89 bits per heavy atom. The van der Waals surface area contributed by atoms with Crippen molar-refractivity contribution >= 4 is 28.2 Å². The van der Waals surface area contributed by atoms with Gasteiger partial charge >= 0.3 is 6.03 Å². The lowest BCUT2D eigenvalue weighted by Gasteiger charge is -2.15. The molecular formula is C20H24BrN3O4. The molecule has 0 unspecified atom stereocenters. The molecule has 0 aliphatic rings. The van der Waals surface area contributed by atoms with Gasteiger partial charge in [-0.1, -0.05) is 6.07 Å². The number of nitrogens with zero attached hydrogens (tertiary/aromatic N) is 1. The first kappa shape index (κ1) is 21.6. The highest BCUT2D eigenvalue weighted by molar-refractivity contribution is 9.10. The first-order valence-corrected chi connectivity index (χ1v) is 9.57. The molecule has 0 fully saturated rings. The molecule has 2 aromatic carbocycles. The smallest absolute Gasteiger partial charge is 0.332 e. The number of nitrogens with one attached hydrogen (secondary N) is 1. The Hall–Kier alpha value is -2.74. The molecule has 0 atom stereocenters. The van der Waals surface area contributed by atoms with Crippen LogP contribution in [0.1, 0.15) is 23.6 Å². The number of aryl methyl sites for hydroxylation is 2. The number of halogens is 1. The fourth-order valence-electron chi connectivity index (χ4n) is 2.34. The van der Waals surface area contributed by atoms with E-state index in [4.69, 9.17) is 19.9 Å². The molecule has 0 spiro atoms. The van der Waals surface area contributed by atoms with Crippen molar-refractivity contribution in [2.24, 2.45) is 10.8 Å². The van der Waals surface area contributed by atoms with Crippen molar-refractivity contribution < 1.29 is 19.0 Å². The van der Waals surface area contributed by atoms with Crippen LogP contribution in [-0.4, -0.2) is 32.1 Å². The van der Waals surface area contributed by atoms with Crippen molar-refractivity contribution in [3.63, 3.8) is 0 Å². The maximum atomic E-state index is 10.7. The summed E-state index contributed by atoms with van der Waals surface area (Å²) in [6.07, 6.45) is 1.46. The number of hydrogen-bond donors (Lipinski definition) is 2. The first-order valence-electron chi connectivity index (χ1n) is 8.78. The molecule has 0 bridgehead atoms. The molecule has 8 heteroatoms. The zero-order valence-electron chi connectivity index (χ0n) is 16.1. The Kier molecular flexibility index (Phi) is 8.13. The van der Waals surface area contributed by atoms with Gasteiger partial charge in [0.1, 0.15) is 19.0 Å². The van der Waals surface area contributed by atoms with Crippen LogP contribution >= 0.6 is 15.9 Å². The summed E-state index contributed by atoms with van der Waals surface area (Å²) in [6.45, 7) is 7.22. The van der Waals surface area contributed by atoms with Crippen LogP contribution in [0.5, 0.6) is 17.2 Å². The zero-order chi connectivity index (χ0) is 20.5. The minimum Gasteiger partial charge on any atom is -0.490 e. The van der Waals surface area contributed by atoms with Crippen molar-refractivity contribution in [1.29, 1.82) is 0 Å². The second-order valence-electron chi connectivity index (χ2n) is 5.94. The molecular weight excluding hydrogens is 426 g/mol. The summed E-state index contributed by atoms with van der Waals surface area (Å²) < 4.78 is 18.0. The quantitative estimate of drug-likeness (QED) is 0.344. The predicted octanol–water partition coefficient (Wildman–Crippen LogP) is 3.92. The SMILES string of the molecule is CCOc1cc(/C=N/NC(N)=O)cc(Br)c1OCCOc1ccc(C)c(C)c1. The van der Waals surface area contributed by atoms with E-state index in [1.54, 1.807) is 12.1 Å². The van der Waals surface area contributed by atoms with E-state index in [-0.39, 0.29) is 0 Å². The van der Waals surface area contributed by atoms with E-state index in [1.807, 2.05) is 32.0 Å². The maximum Gasteiger partial charge on any atom is 0.332 e. The average Bonchev–Trinajstić information content (AvgIpc) is 2.63. The summed E-state index contributed by atoms with van der Waals surface area (Å²) in [6, 6.07) is 8.81. The van der Waals surface area contributed by atoms with Gasteiger partial charge in [-0.05, 0) is 77.7 Å². The lowest BCUT2D eigenvalue weighted by molar-refractivity contribution is 0.207. The number of rotatable bonds is 9. The van der Waals surface area contributed by atoms with E-state index >= 15 is 0 Å². The van der Waals surface area contributed by atoms with Gasteiger partial charge in [-0.15, -0.1) is 0 Å². The number of carbonyl (C=O) groups excluding carboxylic acids is 1. The van der Waals surface area contributed by atoms with Gasteiger partial charge in [-0.3, -0.25) is 0 Å². The summed E-state index contributed by atoms with van der Waals surface area (Å²) in [5, 5.41) is 3.75. The van der Waals surface area contributed by atoms with Crippen LogP contribution in [0.3, 0.4) is 0 Å². The number of ether oxygens (including phenoxy) is 3. The number of amides is 2. The number of nitrogens with two attached hydrogens (primary N) is 1. The van der Waals surface area contributed by atoms with Crippen molar-refractivity contribution in [2.75, 3.05) is 19.8 Å². The van der Waals surface area contributed by atoms with Gasteiger partial charge in [-0.2, -0.15) is 5.10 Å². The Balaban J connectivity index is 2.01. The molecule has 28 heavy (non-hydrogen) atoms. The molecule has 150 valence electrons. The number of primary amides is 1. The highest BCUT2D eigenvalue weighted by atomic mass is 79.9. The van der Waals surface area contributed by atoms with Crippen molar-refractivity contribution in [3.05, 3.63) is 51.5 Å². The normalized spacial score (nSPS) is 10.7. The third kappa shape index (κ3) is 6.45. The molecule has 0 aliphatic heterocycles. The zero-order valence-corrected chi connectivity index (χ0v) is 17.7. The molecule has 2 amide bonds. The molecule has 2 aromatic rings. The highest BCUT2D eigenvalue weighted by Gasteiger charge is 2.12. The van der Waals surface area contributed by atoms with Crippen LogP contribution in [0.15, 0.2) is 39.9 Å². The third-order valence-corrected chi connectivity index (χ3v) is 4.39. The highest BCUT2D eigenvalue weighted by Crippen LogP contribution is 2.36. The van der Waals surface area contributed by atoms with E-state index in [0.29, 0.717) is 41.4 Å². The topological polar surface area (TPSA) is 95.2 Å². The fourth-order valence-corrected chi connectivity index (χ4v) is 2.92. The molecule has 0 heterocycles. The average molecular weight is 450 g/mol. The molecule has 7 nitrogen and oxygen atoms in total. The van der Waals surface area contributed by atoms with E-state index in [9.17, 15) is 4.79 Å². The van der Waals surface area contributed by atoms with E-state index in [1.165, 1.54) is 17.3 Å². The third-order valence-electron chi connectivity index (χ3n) is 3.80. The van der Waals surface area contributed by atoms with Crippen molar-refractivity contribution in [3.8, 4) is 17.2 Å². The lowest BCUT2D eigenvalue weighted by atomic mass is 10.1. The number of carbonyl (C=O) groups is 1. The summed E-state index contributed by atoms with van der Waals surface area (Å²) in [5.74, 6) is 1.94. The fraction of sp³-hybridized carbons (Fsp3) is 0.300. The predicted molar refractivity (Wildman–Crippen MR) is 113 cm³/mol. The molecule has 2 rings (SSSR count). The van der Waals surface area contributed by atoms with Gasteiger partial charge in [0, 0.05) is 0 Å². The Morgan fingerprint density at radius 3 is 2.57 bits per heavy atom. The van der Waals surface area contributed by atoms with Gasteiger partial charge in [0.05, 0.1) is 17.3 Å². The molecule has 0 saturated heterocycles. The van der Waals surface area contributed by atoms with Crippen LogP contribution in [0.4, 0.5) is 4.79 Å². The molecule has 0 saturated carbocycles. The molecule has 0 aromatic heterocycles. The largest absolute Gasteiger partial charge is 0.490 e. The van der Waals surface area contributed by atoms with Crippen molar-refractivity contribution in [1.82, 2.24) is 5.43 Å². The number of hydrazone groups is 1. The summed E-state index contributed by atoms with van der Waals surface area (Å²) >= 11 is 3.48. The lowest BCUT2D eigenvalue weighted by Crippen LogP contribution is -2.24. The van der Waals surface area contributed by atoms with Crippen LogP contribution in [0.2, 0.25) is 0 Å². The van der Waals surface area contributed by atoms with E-state index in [2.05, 4.69) is 33.4 Å². The van der Waals surface area contributed by atoms with Gasteiger partial charge in [0.15, 0.2) is 11.5 Å². The summed E-state index contributed by atoms with van der Waals surface area (Å²) in [7, 11) is 0. The van der Waals surface area contributed by atoms with Crippen molar-refractivity contribution in [2.45, 2.75) is 20.8 Å². The Labute approximate surface area is 173 Å². The second kappa shape index (κ2) is 10.6. The number of benzene rings is 2. The second-order valence-corrected chi connectivity index (χ2v) is 6.79. The van der Waals surface area contributed by atoms with Gasteiger partial charge in [-0.25, -0.2) is 10.2 Å². The minimum atomic E-state index is -0.732. The minimum absolute atomic E-state index is 0.349. The molecule has 3 N–H and O–H groups in total. The van der Waals surface area contributed by atoms with Crippen LogP contribution in [0, 0.1) is 13.8 Å². The van der Waals surface area contributed by atoms with Crippen LogP contribution in [-0.2, 0) is 0 Å². The van der Waals surface area contributed by atoms with E-state index in [0.717, 1.165) is 5.75 Å².